The lowest BCUT2D eigenvalue weighted by molar-refractivity contribution is -0.135. The summed E-state index contributed by atoms with van der Waals surface area (Å²) in [4.78, 5) is 39.8. The molecular weight excluding hydrogens is 378 g/mol. The molecule has 2 aliphatic rings. The van der Waals surface area contributed by atoms with Gasteiger partial charge in [0.05, 0.1) is 6.04 Å². The third-order valence-electron chi connectivity index (χ3n) is 6.07. The van der Waals surface area contributed by atoms with E-state index in [0.717, 1.165) is 41.7 Å². The summed E-state index contributed by atoms with van der Waals surface area (Å²) in [6.45, 7) is 1.70. The Balaban J connectivity index is 1.50. The number of hydrogen-bond acceptors (Lipinski definition) is 3. The highest BCUT2D eigenvalue weighted by atomic mass is 16.2. The minimum atomic E-state index is -1.11. The summed E-state index contributed by atoms with van der Waals surface area (Å²) in [5.74, 6) is -0.680. The van der Waals surface area contributed by atoms with Crippen LogP contribution in [0.1, 0.15) is 55.3 Å². The van der Waals surface area contributed by atoms with Gasteiger partial charge in [0.25, 0.3) is 5.91 Å². The molecule has 1 heterocycles. The average Bonchev–Trinajstić information content (AvgIpc) is 3.00. The van der Waals surface area contributed by atoms with Crippen molar-refractivity contribution in [3.8, 4) is 0 Å². The summed E-state index contributed by atoms with van der Waals surface area (Å²) >= 11 is 0. The maximum absolute atomic E-state index is 13.3. The average molecular weight is 405 g/mol. The van der Waals surface area contributed by atoms with Crippen molar-refractivity contribution < 1.29 is 14.4 Å². The smallest absolute Gasteiger partial charge is 0.325 e. The van der Waals surface area contributed by atoms with Gasteiger partial charge >= 0.3 is 6.03 Å². The van der Waals surface area contributed by atoms with E-state index in [2.05, 4.69) is 16.7 Å². The van der Waals surface area contributed by atoms with Crippen molar-refractivity contribution in [1.82, 2.24) is 15.5 Å². The number of nitrogens with zero attached hydrogens (tertiary/aromatic N) is 1. The number of hydrogen-bond donors (Lipinski definition) is 2. The molecule has 1 fully saturated rings. The molecule has 6 heteroatoms. The molecule has 6 nitrogen and oxygen atoms in total. The van der Waals surface area contributed by atoms with Gasteiger partial charge in [-0.2, -0.15) is 0 Å². The van der Waals surface area contributed by atoms with Gasteiger partial charge in [-0.05, 0) is 42.4 Å². The maximum atomic E-state index is 13.3. The first-order valence-electron chi connectivity index (χ1n) is 10.6. The maximum Gasteiger partial charge on any atom is 0.325 e. The molecule has 1 aliphatic carbocycles. The lowest BCUT2D eigenvalue weighted by Crippen LogP contribution is -2.45. The van der Waals surface area contributed by atoms with Gasteiger partial charge in [0, 0.05) is 0 Å². The Morgan fingerprint density at radius 1 is 1.13 bits per heavy atom. The van der Waals surface area contributed by atoms with Crippen LogP contribution in [0, 0.1) is 0 Å². The molecule has 4 amide bonds. The lowest BCUT2D eigenvalue weighted by Gasteiger charge is -2.28. The van der Waals surface area contributed by atoms with Crippen LogP contribution in [-0.4, -0.2) is 29.3 Å². The van der Waals surface area contributed by atoms with E-state index >= 15 is 0 Å². The Bertz CT molecular complexity index is 959. The van der Waals surface area contributed by atoms with Crippen molar-refractivity contribution in [3.05, 3.63) is 71.3 Å². The highest BCUT2D eigenvalue weighted by Crippen LogP contribution is 2.34. The number of benzene rings is 2. The zero-order valence-electron chi connectivity index (χ0n) is 17.2. The van der Waals surface area contributed by atoms with E-state index in [1.807, 2.05) is 55.5 Å². The molecule has 0 aromatic heterocycles. The van der Waals surface area contributed by atoms with Crippen molar-refractivity contribution in [1.29, 1.82) is 0 Å². The molecule has 0 spiro atoms. The summed E-state index contributed by atoms with van der Waals surface area (Å²) in [5, 5.41) is 5.90. The molecule has 2 aromatic carbocycles. The molecule has 2 N–H and O–H groups in total. The standard InChI is InChI=1S/C24H27N3O3/c1-2-15-24(18-11-4-3-5-12-18)22(29)27(23(30)26-24)16-21(28)25-20-14-8-10-17-9-6-7-13-19(17)20/h3-7,9,11-13,20H,2,8,10,14-16H2,1H3,(H,25,28)(H,26,30)/t20-,24+/m0/s1. The summed E-state index contributed by atoms with van der Waals surface area (Å²) in [5.41, 5.74) is 2.01. The van der Waals surface area contributed by atoms with E-state index < -0.39 is 11.6 Å². The van der Waals surface area contributed by atoms with Crippen LogP contribution in [0.5, 0.6) is 0 Å². The van der Waals surface area contributed by atoms with E-state index in [1.54, 1.807) is 0 Å². The normalized spacial score (nSPS) is 23.1. The number of amides is 4. The third kappa shape index (κ3) is 3.58. The first kappa shape index (κ1) is 20.1. The largest absolute Gasteiger partial charge is 0.348 e. The fraction of sp³-hybridized carbons (Fsp3) is 0.375. The minimum Gasteiger partial charge on any atom is -0.348 e. The fourth-order valence-corrected chi connectivity index (χ4v) is 4.66. The first-order chi connectivity index (χ1) is 14.5. The van der Waals surface area contributed by atoms with Crippen molar-refractivity contribution in [3.63, 3.8) is 0 Å². The number of aryl methyl sites for hydroxylation is 1. The van der Waals surface area contributed by atoms with Gasteiger partial charge in [-0.15, -0.1) is 0 Å². The zero-order valence-corrected chi connectivity index (χ0v) is 17.2. The predicted molar refractivity (Wildman–Crippen MR) is 114 cm³/mol. The Morgan fingerprint density at radius 2 is 1.87 bits per heavy atom. The molecule has 156 valence electrons. The van der Waals surface area contributed by atoms with Crippen LogP contribution >= 0.6 is 0 Å². The number of nitrogens with one attached hydrogen (secondary N) is 2. The number of fused-ring (bicyclic) bond motifs is 1. The fourth-order valence-electron chi connectivity index (χ4n) is 4.66. The minimum absolute atomic E-state index is 0.0854. The van der Waals surface area contributed by atoms with Crippen LogP contribution in [0.25, 0.3) is 0 Å². The summed E-state index contributed by atoms with van der Waals surface area (Å²) in [7, 11) is 0. The van der Waals surface area contributed by atoms with Crippen LogP contribution in [-0.2, 0) is 21.5 Å². The molecule has 0 saturated carbocycles. The number of urea groups is 1. The summed E-state index contributed by atoms with van der Waals surface area (Å²) in [6.07, 6.45) is 4.06. The molecule has 4 rings (SSSR count). The molecule has 30 heavy (non-hydrogen) atoms. The molecule has 1 aliphatic heterocycles. The summed E-state index contributed by atoms with van der Waals surface area (Å²) < 4.78 is 0. The van der Waals surface area contributed by atoms with Gasteiger partial charge in [0.15, 0.2) is 0 Å². The Morgan fingerprint density at radius 3 is 2.63 bits per heavy atom. The van der Waals surface area contributed by atoms with Crippen molar-refractivity contribution >= 4 is 17.8 Å². The van der Waals surface area contributed by atoms with Crippen LogP contribution < -0.4 is 10.6 Å². The monoisotopic (exact) mass is 405 g/mol. The van der Waals surface area contributed by atoms with E-state index in [9.17, 15) is 14.4 Å². The van der Waals surface area contributed by atoms with Crippen LogP contribution in [0.15, 0.2) is 54.6 Å². The molecule has 1 saturated heterocycles. The van der Waals surface area contributed by atoms with Gasteiger partial charge in [-0.3, -0.25) is 14.5 Å². The second-order valence-corrected chi connectivity index (χ2v) is 8.05. The van der Waals surface area contributed by atoms with E-state index in [-0.39, 0.29) is 24.4 Å². The third-order valence-corrected chi connectivity index (χ3v) is 6.07. The highest BCUT2D eigenvalue weighted by molar-refractivity contribution is 6.09. The SMILES string of the molecule is CCC[C@]1(c2ccccc2)NC(=O)N(CC(=O)N[C@H]2CCCc3ccccc32)C1=O. The predicted octanol–water partition coefficient (Wildman–Crippen LogP) is 3.43. The topological polar surface area (TPSA) is 78.5 Å². The molecule has 0 unspecified atom stereocenters. The van der Waals surface area contributed by atoms with Gasteiger partial charge in [-0.1, -0.05) is 67.9 Å². The molecule has 2 atom stereocenters. The van der Waals surface area contributed by atoms with E-state index in [1.165, 1.54) is 5.56 Å². The lowest BCUT2D eigenvalue weighted by atomic mass is 9.85. The van der Waals surface area contributed by atoms with Crippen LogP contribution in [0.4, 0.5) is 4.79 Å². The number of rotatable bonds is 6. The van der Waals surface area contributed by atoms with Crippen molar-refractivity contribution in [2.24, 2.45) is 0 Å². The number of carbonyl (C=O) groups excluding carboxylic acids is 3. The number of carbonyl (C=O) groups is 3. The number of imide groups is 1. The second kappa shape index (κ2) is 8.30. The molecule has 0 bridgehead atoms. The Kier molecular flexibility index (Phi) is 5.57. The quantitative estimate of drug-likeness (QED) is 0.723. The second-order valence-electron chi connectivity index (χ2n) is 8.05. The summed E-state index contributed by atoms with van der Waals surface area (Å²) in [6, 6.07) is 16.8. The molecule has 0 radical (unpaired) electrons. The highest BCUT2D eigenvalue weighted by Gasteiger charge is 2.52. The van der Waals surface area contributed by atoms with E-state index in [4.69, 9.17) is 0 Å². The Labute approximate surface area is 176 Å². The molecular formula is C24H27N3O3. The Hall–Kier alpha value is -3.15. The van der Waals surface area contributed by atoms with Gasteiger partial charge in [-0.25, -0.2) is 4.79 Å². The van der Waals surface area contributed by atoms with E-state index in [0.29, 0.717) is 6.42 Å². The van der Waals surface area contributed by atoms with Crippen LogP contribution in [0.2, 0.25) is 0 Å². The van der Waals surface area contributed by atoms with Crippen molar-refractivity contribution in [2.45, 2.75) is 50.6 Å². The van der Waals surface area contributed by atoms with Crippen LogP contribution in [0.3, 0.4) is 0 Å². The first-order valence-corrected chi connectivity index (χ1v) is 10.6. The molecule has 2 aromatic rings. The van der Waals surface area contributed by atoms with Crippen molar-refractivity contribution in [2.75, 3.05) is 6.54 Å². The van der Waals surface area contributed by atoms with Gasteiger partial charge in [0.2, 0.25) is 5.91 Å². The van der Waals surface area contributed by atoms with Gasteiger partial charge < -0.3 is 10.6 Å². The zero-order chi connectivity index (χ0) is 21.1. The van der Waals surface area contributed by atoms with Gasteiger partial charge in [0.1, 0.15) is 12.1 Å².